The van der Waals surface area contributed by atoms with Crippen molar-refractivity contribution in [2.75, 3.05) is 39.3 Å². The number of hydrogen-bond acceptors (Lipinski definition) is 3. The van der Waals surface area contributed by atoms with Crippen molar-refractivity contribution in [3.8, 4) is 0 Å². The number of carbonyl (C=O) groups excluding carboxylic acids is 1. The predicted octanol–water partition coefficient (Wildman–Crippen LogP) is 2.55. The van der Waals surface area contributed by atoms with E-state index in [-0.39, 0.29) is 0 Å². The van der Waals surface area contributed by atoms with Gasteiger partial charge in [0.15, 0.2) is 0 Å². The second-order valence-electron chi connectivity index (χ2n) is 7.10. The monoisotopic (exact) mass is 278 g/mol. The Morgan fingerprint density at radius 3 is 1.50 bits per heavy atom. The molecule has 1 saturated carbocycles. The lowest BCUT2D eigenvalue weighted by molar-refractivity contribution is -0.125. The molecule has 114 valence electrons. The van der Waals surface area contributed by atoms with Crippen LogP contribution in [-0.2, 0) is 4.79 Å². The largest absolute Gasteiger partial charge is 0.303 e. The van der Waals surface area contributed by atoms with E-state index < -0.39 is 0 Å². The summed E-state index contributed by atoms with van der Waals surface area (Å²) < 4.78 is 0. The number of Topliss-reactive ketones (excluding diaryl/α,β-unsaturated/α-hetero) is 1. The molecule has 1 aliphatic carbocycles. The summed E-state index contributed by atoms with van der Waals surface area (Å²) in [7, 11) is 0. The van der Waals surface area contributed by atoms with Gasteiger partial charge in [0, 0.05) is 24.9 Å². The molecule has 2 saturated heterocycles. The van der Waals surface area contributed by atoms with Crippen LogP contribution in [0.2, 0.25) is 0 Å². The van der Waals surface area contributed by atoms with Gasteiger partial charge < -0.3 is 9.80 Å². The Morgan fingerprint density at radius 2 is 1.10 bits per heavy atom. The van der Waals surface area contributed by atoms with Gasteiger partial charge in [0.25, 0.3) is 0 Å². The van der Waals surface area contributed by atoms with Crippen LogP contribution in [0.4, 0.5) is 0 Å². The van der Waals surface area contributed by atoms with E-state index >= 15 is 0 Å². The molecule has 3 nitrogen and oxygen atoms in total. The molecule has 3 heteroatoms. The molecular formula is C17H30N2O. The molecular weight excluding hydrogens is 248 g/mol. The number of likely N-dealkylation sites (tertiary alicyclic amines) is 2. The highest BCUT2D eigenvalue weighted by Gasteiger charge is 2.36. The molecule has 3 aliphatic rings. The first-order valence-electron chi connectivity index (χ1n) is 8.81. The lowest BCUT2D eigenvalue weighted by atomic mass is 10.00. The number of rotatable bonds is 4. The van der Waals surface area contributed by atoms with Crippen LogP contribution < -0.4 is 0 Å². The summed E-state index contributed by atoms with van der Waals surface area (Å²) in [5.41, 5.74) is 0. The van der Waals surface area contributed by atoms with Gasteiger partial charge in [-0.2, -0.15) is 0 Å². The van der Waals surface area contributed by atoms with Gasteiger partial charge in [-0.05, 0) is 64.7 Å². The predicted molar refractivity (Wildman–Crippen MR) is 81.8 cm³/mol. The van der Waals surface area contributed by atoms with Gasteiger partial charge >= 0.3 is 0 Å². The highest BCUT2D eigenvalue weighted by atomic mass is 16.1. The molecule has 2 aliphatic heterocycles. The fraction of sp³-hybridized carbons (Fsp3) is 0.941. The van der Waals surface area contributed by atoms with Crippen molar-refractivity contribution in [1.29, 1.82) is 0 Å². The summed E-state index contributed by atoms with van der Waals surface area (Å²) in [6.07, 6.45) is 10.4. The highest BCUT2D eigenvalue weighted by molar-refractivity contribution is 5.85. The minimum Gasteiger partial charge on any atom is -0.303 e. The fourth-order valence-corrected chi connectivity index (χ4v) is 4.29. The zero-order valence-corrected chi connectivity index (χ0v) is 12.9. The van der Waals surface area contributed by atoms with E-state index in [9.17, 15) is 4.79 Å². The van der Waals surface area contributed by atoms with Crippen LogP contribution >= 0.6 is 0 Å². The molecule has 2 unspecified atom stereocenters. The first-order chi connectivity index (χ1) is 9.83. The molecule has 3 fully saturated rings. The average Bonchev–Trinajstić information content (AvgIpc) is 2.83. The SMILES string of the molecule is O=C1C(CN2CCCCC2)CCC1CN1CCCCC1. The summed E-state index contributed by atoms with van der Waals surface area (Å²) in [5, 5.41) is 0. The lowest BCUT2D eigenvalue weighted by Gasteiger charge is -2.30. The third-order valence-corrected chi connectivity index (χ3v) is 5.52. The van der Waals surface area contributed by atoms with Crippen LogP contribution in [-0.4, -0.2) is 54.9 Å². The van der Waals surface area contributed by atoms with Crippen LogP contribution in [0.25, 0.3) is 0 Å². The van der Waals surface area contributed by atoms with Gasteiger partial charge in [0.1, 0.15) is 5.78 Å². The second kappa shape index (κ2) is 7.04. The third-order valence-electron chi connectivity index (χ3n) is 5.52. The van der Waals surface area contributed by atoms with Crippen molar-refractivity contribution < 1.29 is 4.79 Å². The van der Waals surface area contributed by atoms with E-state index in [4.69, 9.17) is 0 Å². The fourth-order valence-electron chi connectivity index (χ4n) is 4.29. The number of nitrogens with zero attached hydrogens (tertiary/aromatic N) is 2. The van der Waals surface area contributed by atoms with Crippen molar-refractivity contribution in [2.24, 2.45) is 11.8 Å². The van der Waals surface area contributed by atoms with E-state index in [2.05, 4.69) is 9.80 Å². The molecule has 2 heterocycles. The molecule has 2 atom stereocenters. The van der Waals surface area contributed by atoms with Gasteiger partial charge in [0.05, 0.1) is 0 Å². The molecule has 0 spiro atoms. The van der Waals surface area contributed by atoms with Gasteiger partial charge in [-0.25, -0.2) is 0 Å². The number of ketones is 1. The Kier molecular flexibility index (Phi) is 5.11. The minimum absolute atomic E-state index is 0.350. The maximum Gasteiger partial charge on any atom is 0.141 e. The van der Waals surface area contributed by atoms with E-state index in [1.165, 1.54) is 64.7 Å². The van der Waals surface area contributed by atoms with Gasteiger partial charge in [-0.15, -0.1) is 0 Å². The Labute approximate surface area is 123 Å². The van der Waals surface area contributed by atoms with E-state index in [0.717, 1.165) is 25.9 Å². The summed E-state index contributed by atoms with van der Waals surface area (Å²) in [4.78, 5) is 17.7. The van der Waals surface area contributed by atoms with Gasteiger partial charge in [-0.3, -0.25) is 4.79 Å². The smallest absolute Gasteiger partial charge is 0.141 e. The van der Waals surface area contributed by atoms with Crippen LogP contribution in [0.1, 0.15) is 51.4 Å². The molecule has 0 aromatic rings. The zero-order valence-electron chi connectivity index (χ0n) is 12.9. The maximum absolute atomic E-state index is 12.6. The number of piperidine rings is 2. The first-order valence-corrected chi connectivity index (χ1v) is 8.81. The van der Waals surface area contributed by atoms with Crippen molar-refractivity contribution in [3.05, 3.63) is 0 Å². The quantitative estimate of drug-likeness (QED) is 0.789. The molecule has 0 aromatic heterocycles. The lowest BCUT2D eigenvalue weighted by Crippen LogP contribution is -2.38. The number of hydrogen-bond donors (Lipinski definition) is 0. The third kappa shape index (κ3) is 3.62. The first kappa shape index (κ1) is 14.5. The number of carbonyl (C=O) groups is 1. The topological polar surface area (TPSA) is 23.6 Å². The minimum atomic E-state index is 0.350. The summed E-state index contributed by atoms with van der Waals surface area (Å²) >= 11 is 0. The second-order valence-corrected chi connectivity index (χ2v) is 7.10. The Balaban J connectivity index is 1.46. The van der Waals surface area contributed by atoms with Crippen molar-refractivity contribution in [2.45, 2.75) is 51.4 Å². The molecule has 20 heavy (non-hydrogen) atoms. The van der Waals surface area contributed by atoms with Crippen LogP contribution in [0, 0.1) is 11.8 Å². The Bertz CT molecular complexity index is 289. The van der Waals surface area contributed by atoms with Crippen molar-refractivity contribution in [3.63, 3.8) is 0 Å². The van der Waals surface area contributed by atoms with E-state index in [1.54, 1.807) is 0 Å². The van der Waals surface area contributed by atoms with Crippen LogP contribution in [0.15, 0.2) is 0 Å². The van der Waals surface area contributed by atoms with Crippen molar-refractivity contribution in [1.82, 2.24) is 9.80 Å². The van der Waals surface area contributed by atoms with Crippen LogP contribution in [0.3, 0.4) is 0 Å². The Hall–Kier alpha value is -0.410. The highest BCUT2D eigenvalue weighted by Crippen LogP contribution is 2.30. The molecule has 0 aromatic carbocycles. The van der Waals surface area contributed by atoms with Gasteiger partial charge in [0.2, 0.25) is 0 Å². The maximum atomic E-state index is 12.6. The summed E-state index contributed by atoms with van der Waals surface area (Å²) in [5.74, 6) is 1.28. The van der Waals surface area contributed by atoms with Crippen molar-refractivity contribution >= 4 is 5.78 Å². The molecule has 0 bridgehead atoms. The zero-order chi connectivity index (χ0) is 13.8. The normalized spacial score (nSPS) is 33.7. The molecule has 0 radical (unpaired) electrons. The van der Waals surface area contributed by atoms with E-state index in [1.807, 2.05) is 0 Å². The molecule has 0 amide bonds. The standard InChI is InChI=1S/C17H30N2O/c20-17-15(13-18-9-3-1-4-10-18)7-8-16(17)14-19-11-5-2-6-12-19/h15-16H,1-14H2. The Morgan fingerprint density at radius 1 is 0.700 bits per heavy atom. The summed E-state index contributed by atoms with van der Waals surface area (Å²) in [6, 6.07) is 0. The summed E-state index contributed by atoms with van der Waals surface area (Å²) in [6.45, 7) is 6.99. The van der Waals surface area contributed by atoms with E-state index in [0.29, 0.717) is 17.6 Å². The molecule has 0 N–H and O–H groups in total. The average molecular weight is 278 g/mol. The molecule has 3 rings (SSSR count). The van der Waals surface area contributed by atoms with Gasteiger partial charge in [-0.1, -0.05) is 12.8 Å². The van der Waals surface area contributed by atoms with Crippen LogP contribution in [0.5, 0.6) is 0 Å².